The average molecular weight is 362 g/mol. The van der Waals surface area contributed by atoms with E-state index in [1.54, 1.807) is 5.38 Å². The molecule has 0 saturated carbocycles. The number of aromatic nitrogens is 1. The largest absolute Gasteiger partial charge is 1.00 e. The Hall–Kier alpha value is -1.07. The number of carboxylic acids is 1. The van der Waals surface area contributed by atoms with Crippen molar-refractivity contribution in [3.8, 4) is 0 Å². The Morgan fingerprint density at radius 2 is 2.26 bits per heavy atom. The zero-order valence-electron chi connectivity index (χ0n) is 12.1. The van der Waals surface area contributed by atoms with E-state index in [-0.39, 0.29) is 47.6 Å². The van der Waals surface area contributed by atoms with E-state index in [9.17, 15) is 19.5 Å². The van der Waals surface area contributed by atoms with Gasteiger partial charge in [-0.1, -0.05) is 0 Å². The maximum atomic E-state index is 12.0. The molecule has 2 aliphatic heterocycles. The number of rotatable bonds is 4. The number of thiazole rings is 1. The molecule has 0 aliphatic carbocycles. The second kappa shape index (κ2) is 7.22. The van der Waals surface area contributed by atoms with E-state index in [1.165, 1.54) is 29.2 Å². The molecule has 0 spiro atoms. The molecule has 2 aliphatic rings. The number of aliphatic carboxylic acids is 1. The number of carboxylic acid groups (broad SMARTS) is 1. The van der Waals surface area contributed by atoms with Gasteiger partial charge in [0, 0.05) is 11.1 Å². The number of fused-ring (bicyclic) bond motifs is 1. The standard InChI is InChI=1S/C12H12N4O4S2.Na/c13-12-14-5(4-22-12)3-7(17)15-8-9(18)16-6(11(19)20)1-2-21-10(8)16;/h1,4,8,10H,2-3H2,(H2,13,14)(H,15,17)(H,19,20);/q;+1/p-1/t8?,10-;/m1./s1. The summed E-state index contributed by atoms with van der Waals surface area (Å²) in [4.78, 5) is 40.1. The summed E-state index contributed by atoms with van der Waals surface area (Å²) < 4.78 is 0. The molecule has 0 bridgehead atoms. The van der Waals surface area contributed by atoms with E-state index in [1.807, 2.05) is 0 Å². The molecule has 1 fully saturated rings. The minimum absolute atomic E-state index is 0. The van der Waals surface area contributed by atoms with Crippen molar-refractivity contribution in [2.75, 3.05) is 11.5 Å². The van der Waals surface area contributed by atoms with Crippen LogP contribution >= 0.6 is 23.1 Å². The minimum atomic E-state index is -1.39. The van der Waals surface area contributed by atoms with Gasteiger partial charge in [0.2, 0.25) is 5.91 Å². The summed E-state index contributed by atoms with van der Waals surface area (Å²) in [5.41, 5.74) is 5.89. The van der Waals surface area contributed by atoms with Crippen molar-refractivity contribution in [3.63, 3.8) is 0 Å². The van der Waals surface area contributed by atoms with Gasteiger partial charge in [-0.15, -0.1) is 23.1 Å². The van der Waals surface area contributed by atoms with Crippen molar-refractivity contribution >= 4 is 46.0 Å². The van der Waals surface area contributed by atoms with E-state index in [2.05, 4.69) is 10.3 Å². The number of hydrogen-bond acceptors (Lipinski definition) is 8. The van der Waals surface area contributed by atoms with Gasteiger partial charge in [-0.05, 0) is 6.08 Å². The van der Waals surface area contributed by atoms with Gasteiger partial charge in [0.15, 0.2) is 5.13 Å². The van der Waals surface area contributed by atoms with Crippen LogP contribution in [0.4, 0.5) is 5.13 Å². The van der Waals surface area contributed by atoms with Crippen molar-refractivity contribution in [1.29, 1.82) is 0 Å². The Bertz CT molecular complexity index is 692. The van der Waals surface area contributed by atoms with Gasteiger partial charge in [-0.3, -0.25) is 14.5 Å². The van der Waals surface area contributed by atoms with Crippen LogP contribution in [0.3, 0.4) is 0 Å². The van der Waals surface area contributed by atoms with Crippen LogP contribution in [0.2, 0.25) is 0 Å². The molecule has 3 N–H and O–H groups in total. The first-order valence-electron chi connectivity index (χ1n) is 6.33. The van der Waals surface area contributed by atoms with E-state index in [0.29, 0.717) is 16.6 Å². The first-order valence-corrected chi connectivity index (χ1v) is 8.25. The second-order valence-electron chi connectivity index (χ2n) is 4.71. The van der Waals surface area contributed by atoms with Crippen molar-refractivity contribution in [3.05, 3.63) is 22.8 Å². The second-order valence-corrected chi connectivity index (χ2v) is 6.75. The minimum Gasteiger partial charge on any atom is -0.543 e. The molecule has 11 heteroatoms. The van der Waals surface area contributed by atoms with Gasteiger partial charge in [0.25, 0.3) is 5.91 Å². The molecule has 1 aromatic heterocycles. The molecule has 8 nitrogen and oxygen atoms in total. The summed E-state index contributed by atoms with van der Waals surface area (Å²) in [5, 5.41) is 15.2. The fourth-order valence-electron chi connectivity index (χ4n) is 2.32. The molecule has 1 saturated heterocycles. The van der Waals surface area contributed by atoms with Crippen LogP contribution in [0.15, 0.2) is 17.2 Å². The molecule has 0 aromatic carbocycles. The molecular weight excluding hydrogens is 351 g/mol. The topological polar surface area (TPSA) is 128 Å². The van der Waals surface area contributed by atoms with Crippen LogP contribution in [-0.2, 0) is 20.8 Å². The van der Waals surface area contributed by atoms with Crippen LogP contribution in [0.1, 0.15) is 5.69 Å². The number of anilines is 1. The van der Waals surface area contributed by atoms with Crippen molar-refractivity contribution in [2.45, 2.75) is 17.8 Å². The van der Waals surface area contributed by atoms with Crippen molar-refractivity contribution < 1.29 is 49.0 Å². The van der Waals surface area contributed by atoms with Crippen molar-refractivity contribution in [2.24, 2.45) is 0 Å². The number of β-lactam (4-membered cyclic amide) rings is 1. The van der Waals surface area contributed by atoms with E-state index in [0.717, 1.165) is 4.90 Å². The fourth-order valence-corrected chi connectivity index (χ4v) is 4.08. The first-order chi connectivity index (χ1) is 10.5. The number of carbonyl (C=O) groups is 3. The maximum Gasteiger partial charge on any atom is 1.00 e. The monoisotopic (exact) mass is 362 g/mol. The maximum absolute atomic E-state index is 12.0. The van der Waals surface area contributed by atoms with Crippen LogP contribution in [-0.4, -0.2) is 44.8 Å². The number of nitrogens with one attached hydrogen (secondary N) is 1. The number of nitrogen functional groups attached to an aromatic ring is 1. The molecule has 0 radical (unpaired) electrons. The normalized spacial score (nSPS) is 22.3. The number of nitrogens with zero attached hydrogens (tertiary/aromatic N) is 2. The number of hydrogen-bond donors (Lipinski definition) is 2. The summed E-state index contributed by atoms with van der Waals surface area (Å²) in [6, 6.07) is -0.725. The van der Waals surface area contributed by atoms with Gasteiger partial charge in [0.05, 0.1) is 23.8 Å². The van der Waals surface area contributed by atoms with Crippen molar-refractivity contribution in [1.82, 2.24) is 15.2 Å². The van der Waals surface area contributed by atoms with E-state index in [4.69, 9.17) is 5.73 Å². The number of nitrogens with two attached hydrogens (primary N) is 1. The number of carbonyl (C=O) groups excluding carboxylic acids is 3. The zero-order valence-corrected chi connectivity index (χ0v) is 15.8. The van der Waals surface area contributed by atoms with Gasteiger partial charge in [-0.2, -0.15) is 0 Å². The summed E-state index contributed by atoms with van der Waals surface area (Å²) >= 11 is 2.62. The van der Waals surface area contributed by atoms with Gasteiger partial charge in [-0.25, -0.2) is 4.98 Å². The van der Waals surface area contributed by atoms with Crippen LogP contribution in [0.25, 0.3) is 0 Å². The SMILES string of the molecule is Nc1nc(CC(=O)NC2C(=O)N3C(C(=O)[O-])=CCS[C@H]23)cs1.[Na+]. The Morgan fingerprint density at radius 3 is 2.87 bits per heavy atom. The van der Waals surface area contributed by atoms with Crippen LogP contribution in [0.5, 0.6) is 0 Å². The third-order valence-electron chi connectivity index (χ3n) is 3.28. The van der Waals surface area contributed by atoms with E-state index >= 15 is 0 Å². The van der Waals surface area contributed by atoms with Crippen LogP contribution < -0.4 is 45.7 Å². The summed E-state index contributed by atoms with van der Waals surface area (Å²) in [5.74, 6) is -1.74. The Morgan fingerprint density at radius 1 is 1.52 bits per heavy atom. The molecule has 1 aromatic rings. The quantitative estimate of drug-likeness (QED) is 0.407. The number of amides is 2. The Balaban J connectivity index is 0.00000192. The molecule has 2 amide bonds. The molecule has 116 valence electrons. The molecule has 23 heavy (non-hydrogen) atoms. The molecule has 3 rings (SSSR count). The third-order valence-corrected chi connectivity index (χ3v) is 5.19. The van der Waals surface area contributed by atoms with Gasteiger partial charge >= 0.3 is 29.6 Å². The number of thioether (sulfide) groups is 1. The zero-order chi connectivity index (χ0) is 15.9. The Kier molecular flexibility index (Phi) is 5.74. The molecule has 1 unspecified atom stereocenters. The molecule has 2 atom stereocenters. The van der Waals surface area contributed by atoms with Crippen LogP contribution in [0, 0.1) is 0 Å². The summed E-state index contributed by atoms with van der Waals surface area (Å²) in [6.45, 7) is 0. The smallest absolute Gasteiger partial charge is 0.543 e. The summed E-state index contributed by atoms with van der Waals surface area (Å²) in [7, 11) is 0. The Labute approximate surface area is 161 Å². The fraction of sp³-hybridized carbons (Fsp3) is 0.333. The first kappa shape index (κ1) is 18.3. The van der Waals surface area contributed by atoms with E-state index < -0.39 is 23.3 Å². The van der Waals surface area contributed by atoms with Gasteiger partial charge in [0.1, 0.15) is 11.4 Å². The predicted molar refractivity (Wildman–Crippen MR) is 78.3 cm³/mol. The predicted octanol–water partition coefficient (Wildman–Crippen LogP) is -4.69. The van der Waals surface area contributed by atoms with Gasteiger partial charge < -0.3 is 21.0 Å². The summed E-state index contributed by atoms with van der Waals surface area (Å²) in [6.07, 6.45) is 1.46. The third kappa shape index (κ3) is 3.56. The molecular formula is C12H11N4NaO4S2. The average Bonchev–Trinajstić information content (AvgIpc) is 2.88. The molecule has 3 heterocycles.